The molecule has 0 aliphatic carbocycles. The first-order valence-electron chi connectivity index (χ1n) is 10.2. The van der Waals surface area contributed by atoms with Gasteiger partial charge in [0.1, 0.15) is 5.75 Å². The molecule has 5 nitrogen and oxygen atoms in total. The molecule has 0 unspecified atom stereocenters. The first kappa shape index (κ1) is 20.2. The Morgan fingerprint density at radius 3 is 2.54 bits per heavy atom. The van der Waals surface area contributed by atoms with E-state index in [0.29, 0.717) is 19.1 Å². The molecular weight excluding hydrogens is 350 g/mol. The highest BCUT2D eigenvalue weighted by molar-refractivity contribution is 5.92. The maximum Gasteiger partial charge on any atom is 0.238 e. The molecule has 1 heterocycles. The second-order valence-electron chi connectivity index (χ2n) is 7.49. The molecule has 2 aromatic rings. The molecule has 0 saturated carbocycles. The Balaban J connectivity index is 1.52. The lowest BCUT2D eigenvalue weighted by molar-refractivity contribution is -0.117. The van der Waals surface area contributed by atoms with E-state index in [0.717, 1.165) is 43.3 Å². The number of piperazine rings is 1. The van der Waals surface area contributed by atoms with Gasteiger partial charge in [-0.3, -0.25) is 9.69 Å². The smallest absolute Gasteiger partial charge is 0.238 e. The third-order valence-electron chi connectivity index (χ3n) is 5.08. The number of ether oxygens (including phenoxy) is 1. The van der Waals surface area contributed by atoms with E-state index in [1.807, 2.05) is 37.3 Å². The van der Waals surface area contributed by atoms with Crippen LogP contribution in [0.15, 0.2) is 48.5 Å². The third kappa shape index (κ3) is 5.26. The molecule has 5 heteroatoms. The number of hydrogen-bond donors (Lipinski definition) is 1. The molecule has 28 heavy (non-hydrogen) atoms. The number of carbonyl (C=O) groups excluding carboxylic acids is 1. The summed E-state index contributed by atoms with van der Waals surface area (Å²) in [6.07, 6.45) is 0. The highest BCUT2D eigenvalue weighted by Gasteiger charge is 2.21. The van der Waals surface area contributed by atoms with Crippen molar-refractivity contribution in [1.29, 1.82) is 0 Å². The lowest BCUT2D eigenvalue weighted by Crippen LogP contribution is -2.48. The van der Waals surface area contributed by atoms with Crippen LogP contribution in [0.5, 0.6) is 5.75 Å². The maximum absolute atomic E-state index is 12.5. The van der Waals surface area contributed by atoms with E-state index in [1.54, 1.807) is 0 Å². The third-order valence-corrected chi connectivity index (χ3v) is 5.08. The number of amides is 1. The van der Waals surface area contributed by atoms with Crippen molar-refractivity contribution in [3.05, 3.63) is 54.1 Å². The fraction of sp³-hybridized carbons (Fsp3) is 0.435. The molecule has 1 saturated heterocycles. The van der Waals surface area contributed by atoms with Crippen LogP contribution in [-0.2, 0) is 4.79 Å². The van der Waals surface area contributed by atoms with Crippen LogP contribution in [0.3, 0.4) is 0 Å². The van der Waals surface area contributed by atoms with Gasteiger partial charge in [0.05, 0.1) is 18.8 Å². The standard InChI is InChI=1S/C23H31N3O2/c1-4-28-22-11-6-5-10-21(22)26-14-12-25(13-15-26)17-23(27)24-20-9-7-8-19(16-20)18(2)3/h5-11,16,18H,4,12-15,17H2,1-3H3,(H,24,27). The number of benzene rings is 2. The van der Waals surface area contributed by atoms with Crippen molar-refractivity contribution in [3.63, 3.8) is 0 Å². The van der Waals surface area contributed by atoms with Gasteiger partial charge in [0, 0.05) is 31.9 Å². The van der Waals surface area contributed by atoms with Gasteiger partial charge < -0.3 is 15.0 Å². The minimum Gasteiger partial charge on any atom is -0.492 e. The zero-order chi connectivity index (χ0) is 19.9. The maximum atomic E-state index is 12.5. The van der Waals surface area contributed by atoms with E-state index in [4.69, 9.17) is 4.74 Å². The van der Waals surface area contributed by atoms with Crippen molar-refractivity contribution in [3.8, 4) is 5.75 Å². The molecule has 1 fully saturated rings. The number of nitrogens with one attached hydrogen (secondary N) is 1. The summed E-state index contributed by atoms with van der Waals surface area (Å²) in [5.41, 5.74) is 3.25. The van der Waals surface area contributed by atoms with Crippen LogP contribution in [0.2, 0.25) is 0 Å². The topological polar surface area (TPSA) is 44.8 Å². The fourth-order valence-corrected chi connectivity index (χ4v) is 3.52. The van der Waals surface area contributed by atoms with Crippen LogP contribution in [0.1, 0.15) is 32.3 Å². The van der Waals surface area contributed by atoms with Gasteiger partial charge in [-0.2, -0.15) is 0 Å². The van der Waals surface area contributed by atoms with Gasteiger partial charge in [0.25, 0.3) is 0 Å². The van der Waals surface area contributed by atoms with Crippen LogP contribution < -0.4 is 15.0 Å². The molecular formula is C23H31N3O2. The summed E-state index contributed by atoms with van der Waals surface area (Å²) < 4.78 is 5.75. The number of rotatable bonds is 7. The van der Waals surface area contributed by atoms with Crippen LogP contribution >= 0.6 is 0 Å². The Morgan fingerprint density at radius 1 is 1.07 bits per heavy atom. The minimum atomic E-state index is 0.0454. The van der Waals surface area contributed by atoms with Crippen molar-refractivity contribution >= 4 is 17.3 Å². The summed E-state index contributed by atoms with van der Waals surface area (Å²) in [5.74, 6) is 1.43. The van der Waals surface area contributed by atoms with Crippen molar-refractivity contribution in [2.45, 2.75) is 26.7 Å². The van der Waals surface area contributed by atoms with Gasteiger partial charge >= 0.3 is 0 Å². The summed E-state index contributed by atoms with van der Waals surface area (Å²) in [5, 5.41) is 3.04. The number of hydrogen-bond acceptors (Lipinski definition) is 4. The minimum absolute atomic E-state index is 0.0454. The molecule has 0 atom stereocenters. The summed E-state index contributed by atoms with van der Waals surface area (Å²) in [6, 6.07) is 16.3. The Kier molecular flexibility index (Phi) is 6.93. The van der Waals surface area contributed by atoms with Crippen molar-refractivity contribution in [2.24, 2.45) is 0 Å². The van der Waals surface area contributed by atoms with Crippen LogP contribution in [0, 0.1) is 0 Å². The van der Waals surface area contributed by atoms with Gasteiger partial charge in [-0.15, -0.1) is 0 Å². The van der Waals surface area contributed by atoms with Crippen LogP contribution in [-0.4, -0.2) is 50.1 Å². The van der Waals surface area contributed by atoms with Gasteiger partial charge in [0.2, 0.25) is 5.91 Å². The monoisotopic (exact) mass is 381 g/mol. The van der Waals surface area contributed by atoms with Crippen LogP contribution in [0.4, 0.5) is 11.4 Å². The molecule has 1 N–H and O–H groups in total. The van der Waals surface area contributed by atoms with Gasteiger partial charge in [-0.1, -0.05) is 38.1 Å². The first-order valence-corrected chi connectivity index (χ1v) is 10.2. The van der Waals surface area contributed by atoms with E-state index in [2.05, 4.69) is 47.2 Å². The summed E-state index contributed by atoms with van der Waals surface area (Å²) in [6.45, 7) is 10.9. The van der Waals surface area contributed by atoms with E-state index in [9.17, 15) is 4.79 Å². The van der Waals surface area contributed by atoms with Gasteiger partial charge in [-0.05, 0) is 42.7 Å². The predicted octanol–water partition coefficient (Wildman–Crippen LogP) is 3.97. The lowest BCUT2D eigenvalue weighted by Gasteiger charge is -2.36. The summed E-state index contributed by atoms with van der Waals surface area (Å²) >= 11 is 0. The normalized spacial score (nSPS) is 14.9. The SMILES string of the molecule is CCOc1ccccc1N1CCN(CC(=O)Nc2cccc(C(C)C)c2)CC1. The van der Waals surface area contributed by atoms with E-state index in [1.165, 1.54) is 5.56 Å². The first-order chi connectivity index (χ1) is 13.6. The fourth-order valence-electron chi connectivity index (χ4n) is 3.52. The number of nitrogens with zero attached hydrogens (tertiary/aromatic N) is 2. The molecule has 1 aliphatic rings. The highest BCUT2D eigenvalue weighted by atomic mass is 16.5. The average Bonchev–Trinajstić information content (AvgIpc) is 2.69. The van der Waals surface area contributed by atoms with E-state index in [-0.39, 0.29) is 5.91 Å². The van der Waals surface area contributed by atoms with Crippen LogP contribution in [0.25, 0.3) is 0 Å². The molecule has 1 amide bonds. The number of para-hydroxylation sites is 2. The Morgan fingerprint density at radius 2 is 1.82 bits per heavy atom. The lowest BCUT2D eigenvalue weighted by atomic mass is 10.0. The Bertz CT molecular complexity index is 783. The molecule has 3 rings (SSSR count). The molecule has 0 aromatic heterocycles. The van der Waals surface area contributed by atoms with E-state index < -0.39 is 0 Å². The summed E-state index contributed by atoms with van der Waals surface area (Å²) in [4.78, 5) is 17.0. The zero-order valence-corrected chi connectivity index (χ0v) is 17.1. The highest BCUT2D eigenvalue weighted by Crippen LogP contribution is 2.28. The second kappa shape index (κ2) is 9.60. The van der Waals surface area contributed by atoms with Gasteiger partial charge in [-0.25, -0.2) is 0 Å². The molecule has 0 radical (unpaired) electrons. The molecule has 1 aliphatic heterocycles. The second-order valence-corrected chi connectivity index (χ2v) is 7.49. The number of carbonyl (C=O) groups is 1. The molecule has 0 bridgehead atoms. The van der Waals surface area contributed by atoms with Crippen molar-refractivity contribution in [1.82, 2.24) is 4.90 Å². The van der Waals surface area contributed by atoms with Crippen molar-refractivity contribution in [2.75, 3.05) is 49.5 Å². The predicted molar refractivity (Wildman–Crippen MR) is 115 cm³/mol. The average molecular weight is 382 g/mol. The molecule has 0 spiro atoms. The Labute approximate surface area is 168 Å². The van der Waals surface area contributed by atoms with Gasteiger partial charge in [0.15, 0.2) is 0 Å². The van der Waals surface area contributed by atoms with E-state index >= 15 is 0 Å². The van der Waals surface area contributed by atoms with Crippen molar-refractivity contribution < 1.29 is 9.53 Å². The molecule has 150 valence electrons. The largest absolute Gasteiger partial charge is 0.492 e. The molecule has 2 aromatic carbocycles. The Hall–Kier alpha value is -2.53. The summed E-state index contributed by atoms with van der Waals surface area (Å²) in [7, 11) is 0. The number of anilines is 2. The quantitative estimate of drug-likeness (QED) is 0.788. The zero-order valence-electron chi connectivity index (χ0n) is 17.1.